The zero-order chi connectivity index (χ0) is 23.1. The van der Waals surface area contributed by atoms with E-state index in [9.17, 15) is 9.18 Å². The van der Waals surface area contributed by atoms with Crippen LogP contribution in [0.4, 0.5) is 4.39 Å². The molecule has 0 aliphatic heterocycles. The van der Waals surface area contributed by atoms with Gasteiger partial charge in [0.1, 0.15) is 23.0 Å². The summed E-state index contributed by atoms with van der Waals surface area (Å²) in [4.78, 5) is 12.8. The van der Waals surface area contributed by atoms with E-state index in [4.69, 9.17) is 22.1 Å². The number of hydrogen-bond donors (Lipinski definition) is 3. The molecule has 1 unspecified atom stereocenters. The smallest absolute Gasteiger partial charge is 0.255 e. The number of nitrogens with one attached hydrogen (secondary N) is 1. The summed E-state index contributed by atoms with van der Waals surface area (Å²) in [5.41, 5.74) is 13.0. The van der Waals surface area contributed by atoms with Gasteiger partial charge in [-0.05, 0) is 79.6 Å². The highest BCUT2D eigenvalue weighted by Crippen LogP contribution is 2.28. The second-order valence-corrected chi connectivity index (χ2v) is 7.95. The number of halogens is 2. The van der Waals surface area contributed by atoms with Crippen molar-refractivity contribution >= 4 is 23.2 Å². The van der Waals surface area contributed by atoms with Gasteiger partial charge in [0, 0.05) is 23.2 Å². The van der Waals surface area contributed by atoms with Crippen molar-refractivity contribution in [2.75, 3.05) is 0 Å². The van der Waals surface area contributed by atoms with Crippen LogP contribution in [0.5, 0.6) is 11.5 Å². The molecule has 0 aliphatic carbocycles. The molecule has 0 heterocycles. The first-order valence-corrected chi connectivity index (χ1v) is 10.6. The van der Waals surface area contributed by atoms with Crippen molar-refractivity contribution in [1.82, 2.24) is 5.32 Å². The molecule has 3 aromatic carbocycles. The summed E-state index contributed by atoms with van der Waals surface area (Å²) in [5, 5.41) is 3.29. The Hall–Kier alpha value is -3.19. The fourth-order valence-corrected chi connectivity index (χ4v) is 3.13. The molecular weight excluding hydrogens is 429 g/mol. The van der Waals surface area contributed by atoms with E-state index in [1.807, 2.05) is 37.3 Å². The molecule has 0 saturated heterocycles. The summed E-state index contributed by atoms with van der Waals surface area (Å²) in [6, 6.07) is 18.2. The Morgan fingerprint density at radius 1 is 1.16 bits per heavy atom. The average molecular weight is 455 g/mol. The maximum absolute atomic E-state index is 13.1. The predicted molar refractivity (Wildman–Crippen MR) is 125 cm³/mol. The van der Waals surface area contributed by atoms with Crippen LogP contribution in [0.3, 0.4) is 0 Å². The van der Waals surface area contributed by atoms with Gasteiger partial charge in [0.2, 0.25) is 0 Å². The minimum absolute atomic E-state index is 0.0876. The standard InChI is InChI=1S/C25H25ClFN3O2/c1-16(28)2-12-23(29)18-5-3-17(4-6-18)15-30-25(31)22-14-19(26)7-13-24(22)32-21-10-8-20(27)9-11-21/h3-14,16H,2,15,28-29H2,1H3,(H,30,31)/p+1/b23-12+. The first-order valence-electron chi connectivity index (χ1n) is 10.2. The molecule has 0 aromatic heterocycles. The Morgan fingerprint density at radius 2 is 1.84 bits per heavy atom. The van der Waals surface area contributed by atoms with Crippen LogP contribution in [0, 0.1) is 5.82 Å². The molecule has 3 rings (SSSR count). The number of amides is 1. The van der Waals surface area contributed by atoms with Gasteiger partial charge in [0.15, 0.2) is 0 Å². The fourth-order valence-electron chi connectivity index (χ4n) is 2.96. The zero-order valence-corrected chi connectivity index (χ0v) is 18.5. The number of carbonyl (C=O) groups excluding carboxylic acids is 1. The lowest BCUT2D eigenvalue weighted by molar-refractivity contribution is -0.244. The summed E-state index contributed by atoms with van der Waals surface area (Å²) < 4.78 is 18.9. The Balaban J connectivity index is 1.67. The van der Waals surface area contributed by atoms with E-state index in [1.54, 1.807) is 12.1 Å². The van der Waals surface area contributed by atoms with Crippen LogP contribution < -0.4 is 21.5 Å². The van der Waals surface area contributed by atoms with Crippen molar-refractivity contribution in [2.24, 2.45) is 5.73 Å². The largest absolute Gasteiger partial charge is 0.457 e. The lowest BCUT2D eigenvalue weighted by Gasteiger charge is -2.12. The highest BCUT2D eigenvalue weighted by atomic mass is 35.5. The topological polar surface area (TPSA) is 92.0 Å². The molecule has 0 radical (unpaired) electrons. The predicted octanol–water partition coefficient (Wildman–Crippen LogP) is 4.52. The van der Waals surface area contributed by atoms with Crippen molar-refractivity contribution in [1.29, 1.82) is 0 Å². The van der Waals surface area contributed by atoms with Gasteiger partial charge < -0.3 is 21.5 Å². The van der Waals surface area contributed by atoms with Gasteiger partial charge >= 0.3 is 0 Å². The molecule has 32 heavy (non-hydrogen) atoms. The van der Waals surface area contributed by atoms with Crippen LogP contribution in [0.1, 0.15) is 34.8 Å². The lowest BCUT2D eigenvalue weighted by Crippen LogP contribution is -2.46. The van der Waals surface area contributed by atoms with Gasteiger partial charge in [-0.2, -0.15) is 0 Å². The van der Waals surface area contributed by atoms with Crippen LogP contribution in [-0.4, -0.2) is 11.9 Å². The molecule has 0 aliphatic rings. The van der Waals surface area contributed by atoms with Gasteiger partial charge in [-0.3, -0.25) is 4.79 Å². The minimum Gasteiger partial charge on any atom is -0.457 e. The second kappa shape index (κ2) is 10.9. The molecule has 0 fully saturated rings. The molecule has 1 amide bonds. The van der Waals surface area contributed by atoms with Gasteiger partial charge in [-0.15, -0.1) is 0 Å². The van der Waals surface area contributed by atoms with Crippen molar-refractivity contribution in [3.63, 3.8) is 0 Å². The first-order chi connectivity index (χ1) is 15.3. The molecule has 0 bridgehead atoms. The van der Waals surface area contributed by atoms with E-state index < -0.39 is 0 Å². The highest BCUT2D eigenvalue weighted by Gasteiger charge is 2.14. The molecule has 0 saturated carbocycles. The SMILES string of the molecule is CC(N)C/C=C(/[NH3+])c1ccc(CNC(=O)c2cc(Cl)ccc2Oc2ccc(F)cc2)cc1. The van der Waals surface area contributed by atoms with E-state index in [2.05, 4.69) is 11.1 Å². The first kappa shape index (κ1) is 23.5. The molecular formula is C25H26ClFN3O2+. The molecule has 3 aromatic rings. The summed E-state index contributed by atoms with van der Waals surface area (Å²) in [7, 11) is 0. The summed E-state index contributed by atoms with van der Waals surface area (Å²) >= 11 is 6.09. The third-order valence-electron chi connectivity index (χ3n) is 4.74. The Bertz CT molecular complexity index is 1100. The molecule has 1 atom stereocenters. The van der Waals surface area contributed by atoms with Crippen LogP contribution in [0.15, 0.2) is 72.8 Å². The summed E-state index contributed by atoms with van der Waals surface area (Å²) in [6.45, 7) is 2.28. The maximum Gasteiger partial charge on any atom is 0.255 e. The van der Waals surface area contributed by atoms with E-state index >= 15 is 0 Å². The third-order valence-corrected chi connectivity index (χ3v) is 4.98. The molecule has 5 nitrogen and oxygen atoms in total. The molecule has 6 N–H and O–H groups in total. The van der Waals surface area contributed by atoms with E-state index in [0.717, 1.165) is 23.2 Å². The molecule has 0 spiro atoms. The third kappa shape index (κ3) is 6.65. The van der Waals surface area contributed by atoms with Gasteiger partial charge in [-0.25, -0.2) is 4.39 Å². The number of quaternary nitrogens is 1. The molecule has 7 heteroatoms. The maximum atomic E-state index is 13.1. The summed E-state index contributed by atoms with van der Waals surface area (Å²) in [5.74, 6) is 0.0467. The molecule has 166 valence electrons. The van der Waals surface area contributed by atoms with Crippen molar-refractivity contribution in [3.05, 3.63) is 100 Å². The van der Waals surface area contributed by atoms with Gasteiger partial charge in [0.25, 0.3) is 5.91 Å². The summed E-state index contributed by atoms with van der Waals surface area (Å²) in [6.07, 6.45) is 2.78. The Morgan fingerprint density at radius 3 is 2.50 bits per heavy atom. The lowest BCUT2D eigenvalue weighted by atomic mass is 10.1. The highest BCUT2D eigenvalue weighted by molar-refractivity contribution is 6.31. The Labute approximate surface area is 191 Å². The normalized spacial score (nSPS) is 12.3. The van der Waals surface area contributed by atoms with Gasteiger partial charge in [0.05, 0.1) is 5.56 Å². The Kier molecular flexibility index (Phi) is 8.00. The van der Waals surface area contributed by atoms with Crippen LogP contribution in [0.2, 0.25) is 5.02 Å². The van der Waals surface area contributed by atoms with E-state index in [-0.39, 0.29) is 23.3 Å². The van der Waals surface area contributed by atoms with Crippen molar-refractivity contribution in [3.8, 4) is 11.5 Å². The van der Waals surface area contributed by atoms with E-state index in [0.29, 0.717) is 23.1 Å². The van der Waals surface area contributed by atoms with Crippen molar-refractivity contribution < 1.29 is 19.7 Å². The second-order valence-electron chi connectivity index (χ2n) is 7.52. The number of nitrogens with two attached hydrogens (primary N) is 1. The number of hydrogen-bond acceptors (Lipinski definition) is 3. The minimum atomic E-state index is -0.368. The van der Waals surface area contributed by atoms with Crippen LogP contribution in [-0.2, 0) is 6.54 Å². The van der Waals surface area contributed by atoms with Crippen LogP contribution in [0.25, 0.3) is 5.70 Å². The quantitative estimate of drug-likeness (QED) is 0.467. The van der Waals surface area contributed by atoms with Crippen LogP contribution >= 0.6 is 11.6 Å². The number of carbonyl (C=O) groups is 1. The average Bonchev–Trinajstić information content (AvgIpc) is 2.78. The number of benzene rings is 3. The fraction of sp³-hybridized carbons (Fsp3) is 0.160. The monoisotopic (exact) mass is 454 g/mol. The number of ether oxygens (including phenoxy) is 1. The van der Waals surface area contributed by atoms with E-state index in [1.165, 1.54) is 30.3 Å². The zero-order valence-electron chi connectivity index (χ0n) is 17.8. The number of rotatable bonds is 8. The van der Waals surface area contributed by atoms with Gasteiger partial charge in [-0.1, -0.05) is 23.7 Å². The van der Waals surface area contributed by atoms with Crippen molar-refractivity contribution in [2.45, 2.75) is 25.9 Å².